The quantitative estimate of drug-likeness (QED) is 0.716. The molecule has 3 atom stereocenters. The van der Waals surface area contributed by atoms with Gasteiger partial charge in [-0.2, -0.15) is 0 Å². The van der Waals surface area contributed by atoms with Crippen molar-refractivity contribution in [2.75, 3.05) is 25.5 Å². The second-order valence-electron chi connectivity index (χ2n) is 9.70. The highest BCUT2D eigenvalue weighted by Gasteiger charge is 2.50. The van der Waals surface area contributed by atoms with E-state index in [1.165, 1.54) is 61.9 Å². The fourth-order valence-electron chi connectivity index (χ4n) is 6.44. The minimum absolute atomic E-state index is 0.173. The predicted octanol–water partition coefficient (Wildman–Crippen LogP) is 4.93. The van der Waals surface area contributed by atoms with Crippen LogP contribution in [0.15, 0.2) is 42.5 Å². The number of carbonyl (C=O) groups excluding carboxylic acids is 1. The Bertz CT molecular complexity index is 1030. The van der Waals surface area contributed by atoms with Gasteiger partial charge < -0.3 is 14.7 Å². The first-order chi connectivity index (χ1) is 15.4. The summed E-state index contributed by atoms with van der Waals surface area (Å²) in [6.45, 7) is 2.29. The van der Waals surface area contributed by atoms with Gasteiger partial charge in [0, 0.05) is 17.6 Å². The van der Waals surface area contributed by atoms with Crippen molar-refractivity contribution >= 4 is 17.7 Å². The Morgan fingerprint density at radius 3 is 2.72 bits per heavy atom. The molecular weight excluding hydrogens is 404 g/mol. The second-order valence-corrected chi connectivity index (χ2v) is 9.70. The average Bonchev–Trinajstić information content (AvgIpc) is 2.89. The van der Waals surface area contributed by atoms with Crippen molar-refractivity contribution in [3.8, 4) is 5.75 Å². The summed E-state index contributed by atoms with van der Waals surface area (Å²) in [7, 11) is 2.25. The van der Waals surface area contributed by atoms with Gasteiger partial charge in [0.1, 0.15) is 5.75 Å². The molecule has 0 spiro atoms. The van der Waals surface area contributed by atoms with E-state index in [0.29, 0.717) is 23.3 Å². The van der Waals surface area contributed by atoms with E-state index >= 15 is 0 Å². The number of anilines is 1. The molecule has 0 unspecified atom stereocenters. The second kappa shape index (κ2) is 8.24. The van der Waals surface area contributed by atoms with Crippen LogP contribution in [0, 0.1) is 11.8 Å². The lowest BCUT2D eigenvalue weighted by Gasteiger charge is -2.51. The zero-order valence-electron chi connectivity index (χ0n) is 18.5. The summed E-state index contributed by atoms with van der Waals surface area (Å²) < 4.78 is 5.65. The molecular formula is C26H30N2O4. The minimum Gasteiger partial charge on any atom is -0.478 e. The first kappa shape index (κ1) is 21.0. The van der Waals surface area contributed by atoms with Gasteiger partial charge in [-0.15, -0.1) is 0 Å². The van der Waals surface area contributed by atoms with Crippen molar-refractivity contribution in [3.05, 3.63) is 59.2 Å². The van der Waals surface area contributed by atoms with Crippen molar-refractivity contribution in [1.82, 2.24) is 4.90 Å². The monoisotopic (exact) mass is 434 g/mol. The van der Waals surface area contributed by atoms with Crippen LogP contribution < -0.4 is 10.1 Å². The maximum atomic E-state index is 12.5. The van der Waals surface area contributed by atoms with Crippen LogP contribution in [-0.2, 0) is 11.8 Å². The molecule has 1 aliphatic heterocycles. The SMILES string of the molecule is CN1CC[C@]23CCCC[C@H]2[C@@H](Cc2ccc(OC(=O)Nc4ccc(C(=O)O)cc4)cc23)C1. The lowest BCUT2D eigenvalue weighted by atomic mass is 9.53. The number of carboxylic acids is 1. The molecule has 2 N–H and O–H groups in total. The smallest absolute Gasteiger partial charge is 0.417 e. The molecule has 1 amide bonds. The Morgan fingerprint density at radius 1 is 1.12 bits per heavy atom. The zero-order valence-corrected chi connectivity index (χ0v) is 18.5. The van der Waals surface area contributed by atoms with Crippen molar-refractivity contribution in [2.24, 2.45) is 11.8 Å². The molecule has 6 heteroatoms. The standard InChI is InChI=1S/C26H30N2O4/c1-28-13-12-26-11-3-2-4-22(26)19(16-28)14-18-7-10-21(15-23(18)26)32-25(31)27-20-8-5-17(6-9-20)24(29)30/h5-10,15,19,22H,2-4,11-14,16H2,1H3,(H,27,31)(H,29,30)/t19-,22-,26+/m0/s1. The fraction of sp³-hybridized carbons (Fsp3) is 0.462. The topological polar surface area (TPSA) is 78.9 Å². The molecule has 0 radical (unpaired) electrons. The Kier molecular flexibility index (Phi) is 5.41. The number of amides is 1. The van der Waals surface area contributed by atoms with Gasteiger partial charge in [0.15, 0.2) is 0 Å². The fourth-order valence-corrected chi connectivity index (χ4v) is 6.44. The molecule has 1 heterocycles. The van der Waals surface area contributed by atoms with Gasteiger partial charge in [-0.1, -0.05) is 18.9 Å². The molecule has 2 bridgehead atoms. The third-order valence-corrected chi connectivity index (χ3v) is 7.84. The highest BCUT2D eigenvalue weighted by molar-refractivity contribution is 5.90. The highest BCUT2D eigenvalue weighted by Crippen LogP contribution is 2.56. The summed E-state index contributed by atoms with van der Waals surface area (Å²) in [5, 5.41) is 11.7. The molecule has 1 saturated carbocycles. The van der Waals surface area contributed by atoms with Crippen molar-refractivity contribution in [2.45, 2.75) is 43.9 Å². The normalized spacial score (nSPS) is 26.9. The predicted molar refractivity (Wildman–Crippen MR) is 122 cm³/mol. The van der Waals surface area contributed by atoms with Crippen molar-refractivity contribution in [3.63, 3.8) is 0 Å². The van der Waals surface area contributed by atoms with Crippen LogP contribution in [0.1, 0.15) is 53.6 Å². The number of ether oxygens (including phenoxy) is 1. The molecule has 2 fully saturated rings. The van der Waals surface area contributed by atoms with E-state index in [0.717, 1.165) is 13.0 Å². The summed E-state index contributed by atoms with van der Waals surface area (Å²) in [5.74, 6) is 0.989. The molecule has 5 rings (SSSR count). The van der Waals surface area contributed by atoms with Crippen LogP contribution >= 0.6 is 0 Å². The van der Waals surface area contributed by atoms with Crippen LogP contribution in [0.5, 0.6) is 5.75 Å². The lowest BCUT2D eigenvalue weighted by Crippen LogP contribution is -2.46. The van der Waals surface area contributed by atoms with E-state index in [4.69, 9.17) is 9.84 Å². The third-order valence-electron chi connectivity index (χ3n) is 7.84. The molecule has 32 heavy (non-hydrogen) atoms. The van der Waals surface area contributed by atoms with Crippen LogP contribution in [0.3, 0.4) is 0 Å². The maximum Gasteiger partial charge on any atom is 0.417 e. The number of hydrogen-bond acceptors (Lipinski definition) is 4. The number of carbonyl (C=O) groups is 2. The number of rotatable bonds is 3. The molecule has 2 aromatic carbocycles. The summed E-state index contributed by atoms with van der Waals surface area (Å²) in [6.07, 6.45) is 6.82. The van der Waals surface area contributed by atoms with Crippen LogP contribution in [0.4, 0.5) is 10.5 Å². The van der Waals surface area contributed by atoms with E-state index in [9.17, 15) is 9.59 Å². The Balaban J connectivity index is 1.38. The number of nitrogens with one attached hydrogen (secondary N) is 1. The summed E-state index contributed by atoms with van der Waals surface area (Å²) in [5.41, 5.74) is 3.68. The van der Waals surface area contributed by atoms with Gasteiger partial charge in [-0.25, -0.2) is 9.59 Å². The highest BCUT2D eigenvalue weighted by atomic mass is 16.6. The van der Waals surface area contributed by atoms with E-state index in [2.05, 4.69) is 29.4 Å². The number of likely N-dealkylation sites (tertiary alicyclic amines) is 1. The van der Waals surface area contributed by atoms with Crippen molar-refractivity contribution < 1.29 is 19.4 Å². The number of benzene rings is 2. The van der Waals surface area contributed by atoms with Gasteiger partial charge in [0.05, 0.1) is 5.56 Å². The largest absolute Gasteiger partial charge is 0.478 e. The number of aromatic carboxylic acids is 1. The van der Waals surface area contributed by atoms with Gasteiger partial charge in [0.2, 0.25) is 0 Å². The van der Waals surface area contributed by atoms with Gasteiger partial charge in [-0.3, -0.25) is 5.32 Å². The number of fused-ring (bicyclic) bond motifs is 1. The van der Waals surface area contributed by atoms with Gasteiger partial charge in [0.25, 0.3) is 0 Å². The Hall–Kier alpha value is -2.86. The minimum atomic E-state index is -1.000. The summed E-state index contributed by atoms with van der Waals surface area (Å²) >= 11 is 0. The Labute approximate surface area is 188 Å². The van der Waals surface area contributed by atoms with Crippen LogP contribution in [-0.4, -0.2) is 42.2 Å². The molecule has 168 valence electrons. The van der Waals surface area contributed by atoms with E-state index in [1.807, 2.05) is 6.07 Å². The molecule has 2 aliphatic carbocycles. The van der Waals surface area contributed by atoms with Crippen LogP contribution in [0.25, 0.3) is 0 Å². The maximum absolute atomic E-state index is 12.5. The van der Waals surface area contributed by atoms with E-state index < -0.39 is 12.1 Å². The Morgan fingerprint density at radius 2 is 1.94 bits per heavy atom. The summed E-state index contributed by atoms with van der Waals surface area (Å²) in [6, 6.07) is 12.2. The molecule has 2 aromatic rings. The first-order valence-electron chi connectivity index (χ1n) is 11.6. The van der Waals surface area contributed by atoms with Gasteiger partial charge in [-0.05, 0) is 98.6 Å². The van der Waals surface area contributed by atoms with Gasteiger partial charge >= 0.3 is 12.1 Å². The lowest BCUT2D eigenvalue weighted by molar-refractivity contribution is 0.0697. The third kappa shape index (κ3) is 3.77. The molecule has 0 aromatic heterocycles. The van der Waals surface area contributed by atoms with Crippen LogP contribution in [0.2, 0.25) is 0 Å². The average molecular weight is 435 g/mol. The zero-order chi connectivity index (χ0) is 22.3. The number of nitrogens with zero attached hydrogens (tertiary/aromatic N) is 1. The first-order valence-corrected chi connectivity index (χ1v) is 11.6. The van der Waals surface area contributed by atoms with Crippen molar-refractivity contribution in [1.29, 1.82) is 0 Å². The number of carboxylic acid groups (broad SMARTS) is 1. The number of hydrogen-bond donors (Lipinski definition) is 2. The summed E-state index contributed by atoms with van der Waals surface area (Å²) in [4.78, 5) is 26.0. The molecule has 1 saturated heterocycles. The van der Waals surface area contributed by atoms with E-state index in [-0.39, 0.29) is 11.0 Å². The molecule has 6 nitrogen and oxygen atoms in total. The molecule has 3 aliphatic rings. The van der Waals surface area contributed by atoms with E-state index in [1.54, 1.807) is 12.1 Å².